The molecule has 1 aliphatic rings. The van der Waals surface area contributed by atoms with Crippen LogP contribution in [-0.2, 0) is 20.0 Å². The minimum Gasteiger partial charge on any atom is -0.314 e. The van der Waals surface area contributed by atoms with Crippen molar-refractivity contribution in [2.24, 2.45) is 0 Å². The number of nitrogens with zero attached hydrogens (tertiary/aromatic N) is 2. The fraction of sp³-hybridized carbons (Fsp3) is 0.500. The van der Waals surface area contributed by atoms with Crippen LogP contribution < -0.4 is 5.32 Å². The van der Waals surface area contributed by atoms with E-state index in [2.05, 4.69) is 19.2 Å². The van der Waals surface area contributed by atoms with Crippen LogP contribution in [0.4, 0.5) is 0 Å². The van der Waals surface area contributed by atoms with E-state index < -0.39 is 20.0 Å². The van der Waals surface area contributed by atoms with E-state index >= 15 is 0 Å². The van der Waals surface area contributed by atoms with Crippen molar-refractivity contribution in [2.45, 2.75) is 37.5 Å². The summed E-state index contributed by atoms with van der Waals surface area (Å²) in [7, 11) is -7.41. The first-order chi connectivity index (χ1) is 15.6. The molecule has 7 nitrogen and oxygen atoms in total. The van der Waals surface area contributed by atoms with Gasteiger partial charge in [-0.3, -0.25) is 0 Å². The molecule has 1 atom stereocenters. The van der Waals surface area contributed by atoms with E-state index in [1.165, 1.54) is 8.61 Å². The zero-order valence-electron chi connectivity index (χ0n) is 19.6. The maximum Gasteiger partial charge on any atom is 0.243 e. The van der Waals surface area contributed by atoms with Gasteiger partial charge in [-0.2, -0.15) is 8.61 Å². The Morgan fingerprint density at radius 1 is 0.879 bits per heavy atom. The molecule has 1 N–H and O–H groups in total. The van der Waals surface area contributed by atoms with E-state index in [9.17, 15) is 16.8 Å². The Kier molecular flexibility index (Phi) is 8.69. The molecular weight excluding hydrogens is 458 g/mol. The Labute approximate surface area is 198 Å². The lowest BCUT2D eigenvalue weighted by atomic mass is 10.0. The van der Waals surface area contributed by atoms with Gasteiger partial charge in [-0.05, 0) is 35.1 Å². The summed E-state index contributed by atoms with van der Waals surface area (Å²) in [5.74, 6) is -0.0319. The fourth-order valence-corrected chi connectivity index (χ4v) is 7.04. The second-order valence-corrected chi connectivity index (χ2v) is 12.9. The topological polar surface area (TPSA) is 86.8 Å². The largest absolute Gasteiger partial charge is 0.314 e. The predicted molar refractivity (Wildman–Crippen MR) is 132 cm³/mol. The van der Waals surface area contributed by atoms with Gasteiger partial charge in [-0.25, -0.2) is 16.8 Å². The summed E-state index contributed by atoms with van der Waals surface area (Å²) in [6.07, 6.45) is 0. The lowest BCUT2D eigenvalue weighted by molar-refractivity contribution is 0.354. The lowest BCUT2D eigenvalue weighted by Crippen LogP contribution is -2.48. The Morgan fingerprint density at radius 3 is 2.06 bits per heavy atom. The zero-order valence-corrected chi connectivity index (χ0v) is 21.3. The highest BCUT2D eigenvalue weighted by Crippen LogP contribution is 2.24. The molecule has 9 heteroatoms. The molecule has 3 rings (SSSR count). The van der Waals surface area contributed by atoms with E-state index in [1.807, 2.05) is 49.4 Å². The highest BCUT2D eigenvalue weighted by molar-refractivity contribution is 7.90. The normalized spacial score (nSPS) is 16.9. The maximum absolute atomic E-state index is 13.6. The second kappa shape index (κ2) is 11.1. The van der Waals surface area contributed by atoms with Gasteiger partial charge in [0.15, 0.2) is 0 Å². The molecule has 1 fully saturated rings. The number of hydrogen-bond donors (Lipinski definition) is 1. The van der Waals surface area contributed by atoms with Crippen LogP contribution in [0.15, 0.2) is 59.5 Å². The van der Waals surface area contributed by atoms with Gasteiger partial charge in [-0.1, -0.05) is 63.2 Å². The highest BCUT2D eigenvalue weighted by Gasteiger charge is 2.30. The Morgan fingerprint density at radius 2 is 1.48 bits per heavy atom. The summed E-state index contributed by atoms with van der Waals surface area (Å²) >= 11 is 0. The molecule has 1 aliphatic heterocycles. The van der Waals surface area contributed by atoms with Gasteiger partial charge in [0.25, 0.3) is 0 Å². The maximum atomic E-state index is 13.6. The molecule has 0 saturated carbocycles. The van der Waals surface area contributed by atoms with E-state index in [-0.39, 0.29) is 29.7 Å². The van der Waals surface area contributed by atoms with Crippen molar-refractivity contribution in [1.82, 2.24) is 13.9 Å². The summed E-state index contributed by atoms with van der Waals surface area (Å²) in [5.41, 5.74) is 2.07. The van der Waals surface area contributed by atoms with Gasteiger partial charge < -0.3 is 5.32 Å². The third kappa shape index (κ3) is 6.64. The van der Waals surface area contributed by atoms with Crippen molar-refractivity contribution < 1.29 is 16.8 Å². The first-order valence-electron chi connectivity index (χ1n) is 11.4. The monoisotopic (exact) mass is 493 g/mol. The quantitative estimate of drug-likeness (QED) is 0.550. The molecule has 33 heavy (non-hydrogen) atoms. The third-order valence-corrected chi connectivity index (χ3v) is 9.83. The molecule has 0 spiro atoms. The van der Waals surface area contributed by atoms with Crippen molar-refractivity contribution in [3.63, 3.8) is 0 Å². The van der Waals surface area contributed by atoms with Crippen LogP contribution in [0, 0.1) is 0 Å². The minimum atomic E-state index is -3.86. The number of piperazine rings is 1. The average Bonchev–Trinajstić information content (AvgIpc) is 2.82. The van der Waals surface area contributed by atoms with Gasteiger partial charge in [-0.15, -0.1) is 0 Å². The van der Waals surface area contributed by atoms with Crippen LogP contribution in [-0.4, -0.2) is 70.5 Å². The molecule has 1 heterocycles. The van der Waals surface area contributed by atoms with Gasteiger partial charge in [0.2, 0.25) is 20.0 Å². The summed E-state index contributed by atoms with van der Waals surface area (Å²) in [5, 5.41) is 3.14. The molecule has 0 bridgehead atoms. The third-order valence-electron chi connectivity index (χ3n) is 6.10. The molecule has 1 saturated heterocycles. The number of sulfonamides is 2. The van der Waals surface area contributed by atoms with Crippen LogP contribution in [0.2, 0.25) is 0 Å². The Hall–Kier alpha value is -1.78. The summed E-state index contributed by atoms with van der Waals surface area (Å²) in [6.45, 7) is 8.22. The lowest BCUT2D eigenvalue weighted by Gasteiger charge is -2.29. The van der Waals surface area contributed by atoms with Crippen molar-refractivity contribution in [1.29, 1.82) is 0 Å². The van der Waals surface area contributed by atoms with Gasteiger partial charge in [0.1, 0.15) is 0 Å². The van der Waals surface area contributed by atoms with Crippen molar-refractivity contribution >= 4 is 20.0 Å². The van der Waals surface area contributed by atoms with E-state index in [0.29, 0.717) is 32.1 Å². The smallest absolute Gasteiger partial charge is 0.243 e. The molecule has 0 aromatic heterocycles. The first kappa shape index (κ1) is 25.8. The van der Waals surface area contributed by atoms with E-state index in [0.717, 1.165) is 11.1 Å². The molecule has 2 aromatic rings. The first-order valence-corrected chi connectivity index (χ1v) is 14.5. The van der Waals surface area contributed by atoms with Crippen molar-refractivity contribution in [3.8, 4) is 0 Å². The van der Waals surface area contributed by atoms with Crippen LogP contribution in [0.3, 0.4) is 0 Å². The molecule has 2 aromatic carbocycles. The van der Waals surface area contributed by atoms with Gasteiger partial charge in [0.05, 0.1) is 10.6 Å². The number of nitrogens with one attached hydrogen (secondary N) is 1. The van der Waals surface area contributed by atoms with E-state index in [4.69, 9.17) is 0 Å². The molecule has 1 unspecified atom stereocenters. The van der Waals surface area contributed by atoms with Crippen LogP contribution in [0.5, 0.6) is 0 Å². The number of rotatable bonds is 10. The summed E-state index contributed by atoms with van der Waals surface area (Å²) in [6, 6.07) is 16.6. The summed E-state index contributed by atoms with van der Waals surface area (Å²) in [4.78, 5) is 0.187. The predicted octanol–water partition coefficient (Wildman–Crippen LogP) is 2.84. The molecule has 182 valence electrons. The zero-order chi connectivity index (χ0) is 24.1. The SMILES string of the molecule is CC(C)c1ccc(S(=O)(=O)N(CCS(=O)(=O)N2CCNCC2)CC(C)c2ccccc2)cc1. The fourth-order valence-electron chi connectivity index (χ4n) is 3.94. The molecule has 0 amide bonds. The molecule has 0 aliphatic carbocycles. The van der Waals surface area contributed by atoms with Gasteiger partial charge >= 0.3 is 0 Å². The van der Waals surface area contributed by atoms with E-state index in [1.54, 1.807) is 12.1 Å². The van der Waals surface area contributed by atoms with Crippen molar-refractivity contribution in [3.05, 3.63) is 65.7 Å². The Bertz CT molecular complexity index is 1100. The van der Waals surface area contributed by atoms with Crippen LogP contribution in [0.25, 0.3) is 0 Å². The molecule has 0 radical (unpaired) electrons. The minimum absolute atomic E-state index is 0.0854. The Balaban J connectivity index is 1.85. The number of hydrogen-bond acceptors (Lipinski definition) is 5. The second-order valence-electron chi connectivity index (χ2n) is 8.86. The summed E-state index contributed by atoms with van der Waals surface area (Å²) < 4.78 is 55.8. The van der Waals surface area contributed by atoms with Gasteiger partial charge in [0, 0.05) is 39.3 Å². The average molecular weight is 494 g/mol. The van der Waals surface area contributed by atoms with Crippen molar-refractivity contribution in [2.75, 3.05) is 45.0 Å². The van der Waals surface area contributed by atoms with Crippen LogP contribution in [0.1, 0.15) is 43.7 Å². The number of benzene rings is 2. The molecular formula is C24H35N3O4S2. The highest BCUT2D eigenvalue weighted by atomic mass is 32.2. The standard InChI is InChI=1S/C24H35N3O4S2/c1-20(2)22-9-11-24(12-10-22)33(30,31)27(19-21(3)23-7-5-4-6-8-23)17-18-32(28,29)26-15-13-25-14-16-26/h4-12,20-21,25H,13-19H2,1-3H3. The van der Waals surface area contributed by atoms with Crippen LogP contribution >= 0.6 is 0 Å².